The number of likely N-dealkylation sites (tertiary alicyclic amines) is 1. The molecular formula is C34H41FN6O3S. The number of halogens is 1. The van der Waals surface area contributed by atoms with E-state index in [1.54, 1.807) is 37.3 Å². The lowest BCUT2D eigenvalue weighted by molar-refractivity contribution is 0.0888. The Kier molecular flexibility index (Phi) is 10.5. The molecular weight excluding hydrogens is 591 g/mol. The van der Waals surface area contributed by atoms with Crippen LogP contribution in [0.5, 0.6) is 11.5 Å². The van der Waals surface area contributed by atoms with E-state index in [1.165, 1.54) is 37.8 Å². The summed E-state index contributed by atoms with van der Waals surface area (Å²) in [6, 6.07) is 11.8. The van der Waals surface area contributed by atoms with Crippen molar-refractivity contribution in [2.75, 3.05) is 13.1 Å². The van der Waals surface area contributed by atoms with E-state index in [9.17, 15) is 9.59 Å². The van der Waals surface area contributed by atoms with E-state index in [0.29, 0.717) is 39.2 Å². The summed E-state index contributed by atoms with van der Waals surface area (Å²) in [6.07, 6.45) is 6.78. The lowest BCUT2D eigenvalue weighted by Gasteiger charge is -2.36. The molecule has 0 spiro atoms. The number of nitrogens with one attached hydrogen (secondary N) is 4. The van der Waals surface area contributed by atoms with Gasteiger partial charge in [-0.05, 0) is 75.1 Å². The van der Waals surface area contributed by atoms with Crippen molar-refractivity contribution in [1.29, 1.82) is 10.8 Å². The summed E-state index contributed by atoms with van der Waals surface area (Å²) in [7, 11) is 0. The van der Waals surface area contributed by atoms with E-state index in [2.05, 4.69) is 20.4 Å². The maximum Gasteiger partial charge on any atom is 0.267 e. The number of thioether (sulfide) groups is 1. The fraction of sp³-hybridized carbons (Fsp3) is 0.441. The Labute approximate surface area is 267 Å². The smallest absolute Gasteiger partial charge is 0.267 e. The van der Waals surface area contributed by atoms with Crippen LogP contribution in [-0.4, -0.2) is 56.3 Å². The molecule has 2 aromatic carbocycles. The first-order chi connectivity index (χ1) is 21.6. The molecule has 1 aliphatic carbocycles. The molecule has 2 aliphatic rings. The average molecular weight is 633 g/mol. The summed E-state index contributed by atoms with van der Waals surface area (Å²) in [4.78, 5) is 28.4. The monoisotopic (exact) mass is 632 g/mol. The summed E-state index contributed by atoms with van der Waals surface area (Å²) < 4.78 is 21.8. The van der Waals surface area contributed by atoms with Crippen molar-refractivity contribution in [3.05, 3.63) is 86.6 Å². The molecule has 1 aliphatic heterocycles. The van der Waals surface area contributed by atoms with Gasteiger partial charge in [0.05, 0.1) is 16.3 Å². The molecule has 238 valence electrons. The van der Waals surface area contributed by atoms with Gasteiger partial charge in [0.2, 0.25) is 0 Å². The maximum absolute atomic E-state index is 15.6. The number of nitrogens with zero attached hydrogens (tertiary/aromatic N) is 2. The van der Waals surface area contributed by atoms with Crippen LogP contribution in [0.3, 0.4) is 0 Å². The second kappa shape index (κ2) is 14.5. The molecule has 1 aromatic heterocycles. The highest BCUT2D eigenvalue weighted by Crippen LogP contribution is 2.31. The van der Waals surface area contributed by atoms with Gasteiger partial charge < -0.3 is 15.0 Å². The van der Waals surface area contributed by atoms with Crippen LogP contribution in [0.4, 0.5) is 4.39 Å². The van der Waals surface area contributed by atoms with Crippen molar-refractivity contribution in [2.24, 2.45) is 5.92 Å². The molecule has 1 saturated carbocycles. The van der Waals surface area contributed by atoms with Crippen molar-refractivity contribution in [3.8, 4) is 11.5 Å². The number of aromatic amines is 1. The number of aromatic nitrogens is 2. The van der Waals surface area contributed by atoms with Crippen molar-refractivity contribution in [3.63, 3.8) is 0 Å². The van der Waals surface area contributed by atoms with Gasteiger partial charge in [0.25, 0.3) is 11.5 Å². The van der Waals surface area contributed by atoms with E-state index in [1.807, 2.05) is 13.8 Å². The Morgan fingerprint density at radius 1 is 1.09 bits per heavy atom. The number of ether oxygens (including phenoxy) is 1. The zero-order valence-electron chi connectivity index (χ0n) is 26.0. The van der Waals surface area contributed by atoms with Gasteiger partial charge in [-0.3, -0.25) is 20.4 Å². The third-order valence-electron chi connectivity index (χ3n) is 8.57. The van der Waals surface area contributed by atoms with Crippen LogP contribution in [0.15, 0.2) is 47.3 Å². The molecule has 4 N–H and O–H groups in total. The van der Waals surface area contributed by atoms with Crippen LogP contribution < -0.4 is 15.6 Å². The molecule has 9 nitrogen and oxygen atoms in total. The number of aryl methyl sites for hydroxylation is 1. The normalized spacial score (nSPS) is 16.2. The van der Waals surface area contributed by atoms with Crippen LogP contribution in [0.1, 0.15) is 85.1 Å². The predicted molar refractivity (Wildman–Crippen MR) is 177 cm³/mol. The fourth-order valence-electron chi connectivity index (χ4n) is 5.93. The van der Waals surface area contributed by atoms with Crippen molar-refractivity contribution < 1.29 is 13.9 Å². The van der Waals surface area contributed by atoms with Crippen molar-refractivity contribution in [2.45, 2.75) is 77.8 Å². The van der Waals surface area contributed by atoms with Crippen molar-refractivity contribution >= 4 is 27.8 Å². The first-order valence-corrected chi connectivity index (χ1v) is 16.4. The van der Waals surface area contributed by atoms with E-state index in [-0.39, 0.29) is 40.3 Å². The van der Waals surface area contributed by atoms with Gasteiger partial charge in [0.1, 0.15) is 22.4 Å². The Morgan fingerprint density at radius 3 is 2.44 bits per heavy atom. The lowest BCUT2D eigenvalue weighted by atomic mass is 10.00. The number of carbonyl (C=O) groups is 1. The van der Waals surface area contributed by atoms with E-state index >= 15 is 4.39 Å². The summed E-state index contributed by atoms with van der Waals surface area (Å²) in [6.45, 7) is 7.43. The Balaban J connectivity index is 1.36. The topological polar surface area (TPSA) is 135 Å². The maximum atomic E-state index is 15.6. The van der Waals surface area contributed by atoms with Gasteiger partial charge in [0.15, 0.2) is 0 Å². The van der Waals surface area contributed by atoms with Crippen LogP contribution in [0, 0.1) is 29.5 Å². The molecule has 0 radical (unpaired) electrons. The standard InChI is InChI=1S/C34H41FN6O3S/c1-20(2)31(36)45-32(37)22-8-10-27(11-9-22)44-30-19-28(29(35)18-23(30)17-24-16-21(3)39-40-33(24)42)34(43)38-25-12-14-41(15-13-25)26-6-4-5-7-26/h8-11,16,18-20,25-26,36-37H,4-7,12-15,17H2,1-3H3,(H,38,43)(H,40,42). The predicted octanol–water partition coefficient (Wildman–Crippen LogP) is 6.43. The number of benzene rings is 2. The molecule has 1 amide bonds. The summed E-state index contributed by atoms with van der Waals surface area (Å²) in [5.74, 6) is -0.468. The SMILES string of the molecule is Cc1cc(Cc2cc(F)c(C(=O)NC3CCN(C4CCCC4)CC3)cc2Oc2ccc(C(=N)SC(=N)C(C)C)cc2)c(=O)[nH]n1. The summed E-state index contributed by atoms with van der Waals surface area (Å²) in [5, 5.41) is 26.5. The Bertz CT molecular complexity index is 1610. The minimum atomic E-state index is -0.686. The van der Waals surface area contributed by atoms with Gasteiger partial charge in [-0.1, -0.05) is 38.5 Å². The number of H-pyrrole nitrogens is 1. The minimum absolute atomic E-state index is 0.0300. The second-order valence-corrected chi connectivity index (χ2v) is 13.3. The number of piperidine rings is 1. The molecule has 11 heteroatoms. The molecule has 2 fully saturated rings. The van der Waals surface area contributed by atoms with E-state index < -0.39 is 11.7 Å². The van der Waals surface area contributed by atoms with Gasteiger partial charge in [-0.15, -0.1) is 0 Å². The zero-order valence-corrected chi connectivity index (χ0v) is 26.9. The molecule has 2 heterocycles. The van der Waals surface area contributed by atoms with Crippen LogP contribution in [0.25, 0.3) is 0 Å². The van der Waals surface area contributed by atoms with Gasteiger partial charge in [-0.25, -0.2) is 9.49 Å². The number of rotatable bonds is 9. The molecule has 0 atom stereocenters. The first kappa shape index (κ1) is 32.6. The number of hydrogen-bond donors (Lipinski definition) is 4. The Hall–Kier alpha value is -3.83. The second-order valence-electron chi connectivity index (χ2n) is 12.3. The van der Waals surface area contributed by atoms with Gasteiger partial charge in [-0.2, -0.15) is 5.10 Å². The van der Waals surface area contributed by atoms with Crippen molar-refractivity contribution in [1.82, 2.24) is 20.4 Å². The van der Waals surface area contributed by atoms with Gasteiger partial charge >= 0.3 is 0 Å². The largest absolute Gasteiger partial charge is 0.457 e. The molecule has 0 unspecified atom stereocenters. The highest BCUT2D eigenvalue weighted by atomic mass is 32.2. The van der Waals surface area contributed by atoms with Crippen LogP contribution >= 0.6 is 11.8 Å². The summed E-state index contributed by atoms with van der Waals surface area (Å²) >= 11 is 1.10. The average Bonchev–Trinajstić information content (AvgIpc) is 3.56. The Morgan fingerprint density at radius 2 is 1.78 bits per heavy atom. The highest BCUT2D eigenvalue weighted by Gasteiger charge is 2.28. The minimum Gasteiger partial charge on any atom is -0.457 e. The number of hydrogen-bond acceptors (Lipinski definition) is 8. The lowest BCUT2D eigenvalue weighted by Crippen LogP contribution is -2.47. The molecule has 0 bridgehead atoms. The first-order valence-electron chi connectivity index (χ1n) is 15.6. The molecule has 5 rings (SSSR count). The fourth-order valence-corrected chi connectivity index (χ4v) is 6.64. The zero-order chi connectivity index (χ0) is 32.1. The summed E-state index contributed by atoms with van der Waals surface area (Å²) in [5.41, 5.74) is 1.55. The molecule has 3 aromatic rings. The third-order valence-corrected chi connectivity index (χ3v) is 9.70. The van der Waals surface area contributed by atoms with Crippen LogP contribution in [0.2, 0.25) is 0 Å². The van der Waals surface area contributed by atoms with E-state index in [0.717, 1.165) is 37.7 Å². The van der Waals surface area contributed by atoms with E-state index in [4.69, 9.17) is 15.6 Å². The van der Waals surface area contributed by atoms with Gasteiger partial charge in [0, 0.05) is 54.2 Å². The highest BCUT2D eigenvalue weighted by molar-refractivity contribution is 8.26. The van der Waals surface area contributed by atoms with Crippen LogP contribution in [-0.2, 0) is 6.42 Å². The number of carbonyl (C=O) groups excluding carboxylic acids is 1. The molecule has 45 heavy (non-hydrogen) atoms. The molecule has 1 saturated heterocycles. The quantitative estimate of drug-likeness (QED) is 0.159. The third kappa shape index (κ3) is 8.26. The number of amides is 1.